The van der Waals surface area contributed by atoms with E-state index in [-0.39, 0.29) is 0 Å². The highest BCUT2D eigenvalue weighted by atomic mass is 28.4. The minimum Gasteiger partial charge on any atom is -0.543 e. The zero-order chi connectivity index (χ0) is 18.4. The second kappa shape index (κ2) is 8.40. The predicted octanol–water partition coefficient (Wildman–Crippen LogP) is 6.64. The van der Waals surface area contributed by atoms with Gasteiger partial charge in [0.2, 0.25) is 0 Å². The van der Waals surface area contributed by atoms with Crippen LogP contribution in [0, 0.1) is 11.8 Å². The van der Waals surface area contributed by atoms with E-state index in [9.17, 15) is 0 Å². The van der Waals surface area contributed by atoms with Gasteiger partial charge in [0.05, 0.1) is 0 Å². The molecule has 2 rings (SSSR count). The van der Waals surface area contributed by atoms with E-state index in [0.29, 0.717) is 16.6 Å². The van der Waals surface area contributed by atoms with Crippen molar-refractivity contribution < 1.29 is 4.43 Å². The summed E-state index contributed by atoms with van der Waals surface area (Å²) < 4.78 is 6.69. The van der Waals surface area contributed by atoms with Gasteiger partial charge in [-0.3, -0.25) is 0 Å². The van der Waals surface area contributed by atoms with Crippen molar-refractivity contribution >= 4 is 8.32 Å². The Hall–Kier alpha value is -1.98. The van der Waals surface area contributed by atoms with Crippen molar-refractivity contribution in [3.8, 4) is 17.6 Å². The average molecular weight is 351 g/mol. The highest BCUT2D eigenvalue weighted by Gasteiger charge is 2.46. The van der Waals surface area contributed by atoms with Crippen molar-refractivity contribution in [3.63, 3.8) is 0 Å². The average Bonchev–Trinajstić information content (AvgIpc) is 2.59. The van der Waals surface area contributed by atoms with Crippen LogP contribution in [0.5, 0.6) is 5.75 Å². The standard InChI is InChI=1S/C23H30OSi/c1-18(2)25(19(3)4,20(5)6)24-23-16-14-22(15-17-23)13-12-21-10-8-7-9-11-21/h7-11,14-20H,1-6H3. The lowest BCUT2D eigenvalue weighted by Crippen LogP contribution is -2.50. The van der Waals surface area contributed by atoms with Crippen molar-refractivity contribution in [3.05, 3.63) is 65.7 Å². The van der Waals surface area contributed by atoms with E-state index in [1.54, 1.807) is 0 Å². The van der Waals surface area contributed by atoms with Crippen LogP contribution in [0.25, 0.3) is 0 Å². The smallest absolute Gasteiger partial charge is 0.258 e. The largest absolute Gasteiger partial charge is 0.543 e. The maximum Gasteiger partial charge on any atom is 0.258 e. The molecule has 0 unspecified atom stereocenters. The quantitative estimate of drug-likeness (QED) is 0.434. The zero-order valence-electron chi connectivity index (χ0n) is 16.3. The number of rotatable bonds is 5. The number of hydrogen-bond donors (Lipinski definition) is 0. The van der Waals surface area contributed by atoms with Crippen LogP contribution in [0.15, 0.2) is 54.6 Å². The van der Waals surface area contributed by atoms with Crippen LogP contribution in [0.1, 0.15) is 52.7 Å². The summed E-state index contributed by atoms with van der Waals surface area (Å²) in [5.41, 5.74) is 3.77. The van der Waals surface area contributed by atoms with Crippen LogP contribution < -0.4 is 4.43 Å². The van der Waals surface area contributed by atoms with Gasteiger partial charge in [-0.05, 0) is 53.0 Å². The van der Waals surface area contributed by atoms with Gasteiger partial charge in [-0.1, -0.05) is 71.6 Å². The summed E-state index contributed by atoms with van der Waals surface area (Å²) in [6.45, 7) is 13.9. The Morgan fingerprint density at radius 2 is 1.08 bits per heavy atom. The molecule has 0 aromatic heterocycles. The molecule has 1 nitrogen and oxygen atoms in total. The van der Waals surface area contributed by atoms with Crippen LogP contribution in [-0.4, -0.2) is 8.32 Å². The molecule has 0 bridgehead atoms. The molecule has 2 aromatic rings. The van der Waals surface area contributed by atoms with E-state index < -0.39 is 8.32 Å². The second-order valence-corrected chi connectivity index (χ2v) is 12.9. The zero-order valence-corrected chi connectivity index (χ0v) is 17.3. The van der Waals surface area contributed by atoms with E-state index in [1.807, 2.05) is 30.3 Å². The number of benzene rings is 2. The lowest BCUT2D eigenvalue weighted by Gasteiger charge is -2.42. The third kappa shape index (κ3) is 4.55. The molecular weight excluding hydrogens is 320 g/mol. The molecule has 0 spiro atoms. The molecule has 0 aliphatic carbocycles. The molecule has 0 heterocycles. The molecule has 0 amide bonds. The molecule has 0 aliphatic rings. The van der Waals surface area contributed by atoms with Crippen LogP contribution in [0.3, 0.4) is 0 Å². The summed E-state index contributed by atoms with van der Waals surface area (Å²) in [4.78, 5) is 0. The van der Waals surface area contributed by atoms with Gasteiger partial charge in [0, 0.05) is 11.1 Å². The van der Waals surface area contributed by atoms with Crippen molar-refractivity contribution in [2.24, 2.45) is 0 Å². The Labute approximate surface area is 154 Å². The molecule has 0 atom stereocenters. The fraction of sp³-hybridized carbons (Fsp3) is 0.391. The SMILES string of the molecule is CC(C)[Si](Oc1ccc(C#Cc2ccccc2)cc1)(C(C)C)C(C)C. The molecule has 132 valence electrons. The maximum atomic E-state index is 6.69. The van der Waals surface area contributed by atoms with Crippen LogP contribution >= 0.6 is 0 Å². The van der Waals surface area contributed by atoms with Gasteiger partial charge in [-0.15, -0.1) is 0 Å². The topological polar surface area (TPSA) is 9.23 Å². The van der Waals surface area contributed by atoms with Crippen LogP contribution in [-0.2, 0) is 0 Å². The van der Waals surface area contributed by atoms with Crippen LogP contribution in [0.2, 0.25) is 16.6 Å². The van der Waals surface area contributed by atoms with Gasteiger partial charge in [0.1, 0.15) is 5.75 Å². The second-order valence-electron chi connectivity index (χ2n) is 7.56. The van der Waals surface area contributed by atoms with Crippen molar-refractivity contribution in [2.45, 2.75) is 58.2 Å². The van der Waals surface area contributed by atoms with Crippen molar-refractivity contribution in [1.82, 2.24) is 0 Å². The molecule has 25 heavy (non-hydrogen) atoms. The summed E-state index contributed by atoms with van der Waals surface area (Å²) in [6.07, 6.45) is 0. The Kier molecular flexibility index (Phi) is 6.50. The first-order valence-corrected chi connectivity index (χ1v) is 11.4. The Morgan fingerprint density at radius 1 is 0.640 bits per heavy atom. The van der Waals surface area contributed by atoms with Crippen molar-refractivity contribution in [1.29, 1.82) is 0 Å². The lowest BCUT2D eigenvalue weighted by molar-refractivity contribution is 0.480. The van der Waals surface area contributed by atoms with Gasteiger partial charge in [-0.25, -0.2) is 0 Å². The highest BCUT2D eigenvalue weighted by molar-refractivity contribution is 6.78. The Balaban J connectivity index is 2.20. The van der Waals surface area contributed by atoms with Gasteiger partial charge in [0.25, 0.3) is 8.32 Å². The third-order valence-corrected chi connectivity index (χ3v) is 11.0. The maximum absolute atomic E-state index is 6.69. The Morgan fingerprint density at radius 3 is 1.52 bits per heavy atom. The molecule has 0 N–H and O–H groups in total. The van der Waals surface area contributed by atoms with Gasteiger partial charge < -0.3 is 4.43 Å². The third-order valence-electron chi connectivity index (χ3n) is 4.98. The molecule has 0 saturated carbocycles. The van der Waals surface area contributed by atoms with E-state index >= 15 is 0 Å². The lowest BCUT2D eigenvalue weighted by atomic mass is 10.2. The van der Waals surface area contributed by atoms with E-state index in [4.69, 9.17) is 4.43 Å². The van der Waals surface area contributed by atoms with Crippen molar-refractivity contribution in [2.75, 3.05) is 0 Å². The first-order chi connectivity index (χ1) is 11.9. The Bertz CT molecular complexity index is 696. The summed E-state index contributed by atoms with van der Waals surface area (Å²) in [5, 5.41) is 0. The van der Waals surface area contributed by atoms with E-state index in [0.717, 1.165) is 16.9 Å². The van der Waals surface area contributed by atoms with Gasteiger partial charge >= 0.3 is 0 Å². The molecule has 0 aliphatic heterocycles. The summed E-state index contributed by atoms with van der Waals surface area (Å²) in [6, 6.07) is 18.3. The van der Waals surface area contributed by atoms with Gasteiger partial charge in [-0.2, -0.15) is 0 Å². The molecule has 0 saturated heterocycles. The molecule has 2 heteroatoms. The summed E-state index contributed by atoms with van der Waals surface area (Å²) >= 11 is 0. The van der Waals surface area contributed by atoms with Gasteiger partial charge in [0.15, 0.2) is 0 Å². The summed E-state index contributed by atoms with van der Waals surface area (Å²) in [7, 11) is -1.89. The molecular formula is C23H30OSi. The fourth-order valence-electron chi connectivity index (χ4n) is 3.83. The highest BCUT2D eigenvalue weighted by Crippen LogP contribution is 2.42. The minimum atomic E-state index is -1.89. The first-order valence-electron chi connectivity index (χ1n) is 9.22. The minimum absolute atomic E-state index is 0.574. The van der Waals surface area contributed by atoms with E-state index in [1.165, 1.54) is 0 Å². The summed E-state index contributed by atoms with van der Waals surface area (Å²) in [5.74, 6) is 7.41. The predicted molar refractivity (Wildman–Crippen MR) is 111 cm³/mol. The fourth-order valence-corrected chi connectivity index (χ4v) is 9.08. The molecule has 0 radical (unpaired) electrons. The van der Waals surface area contributed by atoms with Crippen LogP contribution in [0.4, 0.5) is 0 Å². The molecule has 0 fully saturated rings. The number of hydrogen-bond acceptors (Lipinski definition) is 1. The molecule has 2 aromatic carbocycles. The van der Waals surface area contributed by atoms with E-state index in [2.05, 4.69) is 77.6 Å². The monoisotopic (exact) mass is 350 g/mol. The first kappa shape index (κ1) is 19.3. The normalized spacial score (nSPS) is 11.6.